The summed E-state index contributed by atoms with van der Waals surface area (Å²) >= 11 is 0. The molecule has 0 aliphatic rings. The van der Waals surface area contributed by atoms with Crippen molar-refractivity contribution < 1.29 is 14.3 Å². The zero-order chi connectivity index (χ0) is 13.7. The Hall–Kier alpha value is -2.57. The maximum atomic E-state index is 11.7. The van der Waals surface area contributed by atoms with E-state index in [-0.39, 0.29) is 11.7 Å². The van der Waals surface area contributed by atoms with Gasteiger partial charge in [0.15, 0.2) is 0 Å². The van der Waals surface area contributed by atoms with Gasteiger partial charge in [0.05, 0.1) is 14.2 Å². The van der Waals surface area contributed by atoms with Crippen LogP contribution in [0.25, 0.3) is 0 Å². The molecule has 0 atom stereocenters. The van der Waals surface area contributed by atoms with Crippen LogP contribution < -0.4 is 14.8 Å². The fourth-order valence-electron chi connectivity index (χ4n) is 1.59. The van der Waals surface area contributed by atoms with E-state index in [4.69, 9.17) is 9.47 Å². The first-order valence-electron chi connectivity index (χ1n) is 5.59. The van der Waals surface area contributed by atoms with Crippen molar-refractivity contribution in [1.82, 2.24) is 20.5 Å². The lowest BCUT2D eigenvalue weighted by Crippen LogP contribution is -2.24. The van der Waals surface area contributed by atoms with E-state index in [0.29, 0.717) is 18.0 Å². The van der Waals surface area contributed by atoms with Crippen LogP contribution >= 0.6 is 0 Å². The van der Waals surface area contributed by atoms with Crippen LogP contribution in [0.15, 0.2) is 24.5 Å². The highest BCUT2D eigenvalue weighted by Crippen LogP contribution is 2.23. The van der Waals surface area contributed by atoms with Crippen molar-refractivity contribution in [2.45, 2.75) is 6.54 Å². The third kappa shape index (κ3) is 3.01. The van der Waals surface area contributed by atoms with Crippen molar-refractivity contribution >= 4 is 5.91 Å². The molecule has 1 heterocycles. The van der Waals surface area contributed by atoms with Crippen molar-refractivity contribution in [2.24, 2.45) is 0 Å². The lowest BCUT2D eigenvalue weighted by molar-refractivity contribution is 0.0940. The molecule has 0 aliphatic carbocycles. The number of H-pyrrole nitrogens is 1. The number of hydrogen-bond donors (Lipinski definition) is 2. The van der Waals surface area contributed by atoms with E-state index in [9.17, 15) is 4.79 Å². The minimum absolute atomic E-state index is 0.168. The van der Waals surface area contributed by atoms with Gasteiger partial charge in [-0.15, -0.1) is 0 Å². The van der Waals surface area contributed by atoms with Crippen molar-refractivity contribution in [1.29, 1.82) is 0 Å². The van der Waals surface area contributed by atoms with Gasteiger partial charge in [0.25, 0.3) is 5.91 Å². The van der Waals surface area contributed by atoms with E-state index in [1.54, 1.807) is 32.4 Å². The fraction of sp³-hybridized carbons (Fsp3) is 0.250. The van der Waals surface area contributed by atoms with Gasteiger partial charge in [-0.05, 0) is 18.2 Å². The predicted octanol–water partition coefficient (Wildman–Crippen LogP) is 0.752. The highest BCUT2D eigenvalue weighted by molar-refractivity contribution is 5.90. The molecule has 2 rings (SSSR count). The van der Waals surface area contributed by atoms with Gasteiger partial charge >= 0.3 is 0 Å². The number of hydrogen-bond acceptors (Lipinski definition) is 5. The van der Waals surface area contributed by atoms with Gasteiger partial charge in [-0.2, -0.15) is 5.10 Å². The first-order chi connectivity index (χ1) is 9.24. The molecule has 0 radical (unpaired) electrons. The molecular weight excluding hydrogens is 248 g/mol. The zero-order valence-electron chi connectivity index (χ0n) is 10.6. The molecule has 1 amide bonds. The molecule has 1 aromatic carbocycles. The van der Waals surface area contributed by atoms with Crippen LogP contribution in [0.3, 0.4) is 0 Å². The third-order valence-corrected chi connectivity index (χ3v) is 2.56. The van der Waals surface area contributed by atoms with Crippen molar-refractivity contribution in [2.75, 3.05) is 14.2 Å². The molecule has 100 valence electrons. The molecule has 0 unspecified atom stereocenters. The summed E-state index contributed by atoms with van der Waals surface area (Å²) in [5.74, 6) is 1.22. The predicted molar refractivity (Wildman–Crippen MR) is 67.1 cm³/mol. The number of nitrogens with zero attached hydrogens (tertiary/aromatic N) is 2. The van der Waals surface area contributed by atoms with Crippen LogP contribution in [0.4, 0.5) is 0 Å². The fourth-order valence-corrected chi connectivity index (χ4v) is 1.59. The third-order valence-electron chi connectivity index (χ3n) is 2.56. The summed E-state index contributed by atoms with van der Waals surface area (Å²) in [5.41, 5.74) is 0.815. The number of aromatic amines is 1. The summed E-state index contributed by atoms with van der Waals surface area (Å²) in [4.78, 5) is 15.5. The summed E-state index contributed by atoms with van der Waals surface area (Å²) in [6.07, 6.45) is 1.28. The topological polar surface area (TPSA) is 89.1 Å². The van der Waals surface area contributed by atoms with Crippen LogP contribution in [-0.2, 0) is 6.54 Å². The number of nitrogens with one attached hydrogen (secondary N) is 2. The van der Waals surface area contributed by atoms with Gasteiger partial charge in [0.2, 0.25) is 5.82 Å². The first-order valence-corrected chi connectivity index (χ1v) is 5.59. The smallest absolute Gasteiger partial charge is 0.288 e. The second-order valence-corrected chi connectivity index (χ2v) is 3.69. The molecule has 2 N–H and O–H groups in total. The molecule has 0 spiro atoms. The number of ether oxygens (including phenoxy) is 2. The van der Waals surface area contributed by atoms with E-state index in [0.717, 1.165) is 5.56 Å². The van der Waals surface area contributed by atoms with Crippen LogP contribution in [0.5, 0.6) is 11.5 Å². The first kappa shape index (κ1) is 12.9. The molecule has 7 heteroatoms. The zero-order valence-corrected chi connectivity index (χ0v) is 10.6. The maximum absolute atomic E-state index is 11.7. The molecule has 0 saturated carbocycles. The number of benzene rings is 1. The largest absolute Gasteiger partial charge is 0.497 e. The van der Waals surface area contributed by atoms with Crippen LogP contribution in [0.2, 0.25) is 0 Å². The summed E-state index contributed by atoms with van der Waals surface area (Å²) in [5, 5.41) is 8.83. The molecule has 0 bridgehead atoms. The quantitative estimate of drug-likeness (QED) is 0.830. The number of rotatable bonds is 5. The molecular formula is C12H14N4O3. The van der Waals surface area contributed by atoms with Crippen molar-refractivity contribution in [3.05, 3.63) is 35.9 Å². The van der Waals surface area contributed by atoms with Crippen LogP contribution in [-0.4, -0.2) is 35.3 Å². The summed E-state index contributed by atoms with van der Waals surface area (Å²) in [6.45, 7) is 0.305. The van der Waals surface area contributed by atoms with E-state index in [1.807, 2.05) is 0 Å². The monoisotopic (exact) mass is 262 g/mol. The number of methoxy groups -OCH3 is 2. The Morgan fingerprint density at radius 3 is 2.84 bits per heavy atom. The Morgan fingerprint density at radius 1 is 1.37 bits per heavy atom. The van der Waals surface area contributed by atoms with Gasteiger partial charge in [-0.1, -0.05) is 0 Å². The number of carbonyl (C=O) groups is 1. The van der Waals surface area contributed by atoms with E-state index in [2.05, 4.69) is 20.5 Å². The van der Waals surface area contributed by atoms with Crippen LogP contribution in [0, 0.1) is 0 Å². The minimum Gasteiger partial charge on any atom is -0.497 e. The highest BCUT2D eigenvalue weighted by Gasteiger charge is 2.10. The standard InChI is InChI=1S/C12H14N4O3/c1-18-9-3-4-10(19-2)8(5-9)6-13-12(17)11-14-7-15-16-11/h3-5,7H,6H2,1-2H3,(H,13,17)(H,14,15,16). The molecule has 1 aromatic heterocycles. The minimum atomic E-state index is -0.331. The molecule has 19 heavy (non-hydrogen) atoms. The van der Waals surface area contributed by atoms with E-state index < -0.39 is 0 Å². The van der Waals surface area contributed by atoms with E-state index in [1.165, 1.54) is 6.33 Å². The second-order valence-electron chi connectivity index (χ2n) is 3.69. The second kappa shape index (κ2) is 5.85. The normalized spacial score (nSPS) is 10.0. The summed E-state index contributed by atoms with van der Waals surface area (Å²) < 4.78 is 10.4. The number of aromatic nitrogens is 3. The average Bonchev–Trinajstić information content (AvgIpc) is 2.98. The maximum Gasteiger partial charge on any atom is 0.288 e. The van der Waals surface area contributed by atoms with Crippen molar-refractivity contribution in [3.8, 4) is 11.5 Å². The van der Waals surface area contributed by atoms with Gasteiger partial charge in [0, 0.05) is 12.1 Å². The molecule has 2 aromatic rings. The summed E-state index contributed by atoms with van der Waals surface area (Å²) in [6, 6.07) is 5.38. The molecule has 0 aliphatic heterocycles. The molecule has 7 nitrogen and oxygen atoms in total. The van der Waals surface area contributed by atoms with Gasteiger partial charge < -0.3 is 14.8 Å². The van der Waals surface area contributed by atoms with Crippen molar-refractivity contribution in [3.63, 3.8) is 0 Å². The molecule has 0 fully saturated rings. The van der Waals surface area contributed by atoms with Crippen LogP contribution in [0.1, 0.15) is 16.2 Å². The Bertz CT molecular complexity index is 554. The van der Waals surface area contributed by atoms with E-state index >= 15 is 0 Å². The SMILES string of the molecule is COc1ccc(OC)c(CNC(=O)c2ncn[nH]2)c1. The van der Waals surface area contributed by atoms with Gasteiger partial charge in [-0.25, -0.2) is 4.98 Å². The Morgan fingerprint density at radius 2 is 2.21 bits per heavy atom. The lowest BCUT2D eigenvalue weighted by Gasteiger charge is -2.10. The summed E-state index contributed by atoms with van der Waals surface area (Å²) in [7, 11) is 3.16. The Labute approximate surface area is 110 Å². The van der Waals surface area contributed by atoms with Gasteiger partial charge in [-0.3, -0.25) is 9.89 Å². The average molecular weight is 262 g/mol. The number of amides is 1. The molecule has 0 saturated heterocycles. The Kier molecular flexibility index (Phi) is 3.97. The van der Waals surface area contributed by atoms with Gasteiger partial charge in [0.1, 0.15) is 17.8 Å². The lowest BCUT2D eigenvalue weighted by atomic mass is 10.2. The number of carbonyl (C=O) groups excluding carboxylic acids is 1. The highest BCUT2D eigenvalue weighted by atomic mass is 16.5. The Balaban J connectivity index is 2.08.